The number of furan rings is 1. The summed E-state index contributed by atoms with van der Waals surface area (Å²) in [5.74, 6) is 2.22. The van der Waals surface area contributed by atoms with Crippen LogP contribution in [0.2, 0.25) is 0 Å². The zero-order chi connectivity index (χ0) is 20.8. The maximum atomic E-state index is 12.8. The van der Waals surface area contributed by atoms with Crippen LogP contribution in [0.15, 0.2) is 51.7 Å². The number of thiazole rings is 1. The van der Waals surface area contributed by atoms with Crippen LogP contribution < -0.4 is 10.1 Å². The molecule has 7 nitrogen and oxygen atoms in total. The van der Waals surface area contributed by atoms with Crippen molar-refractivity contribution in [3.63, 3.8) is 0 Å². The van der Waals surface area contributed by atoms with Gasteiger partial charge in [0.25, 0.3) is 5.91 Å². The third-order valence-corrected chi connectivity index (χ3v) is 5.63. The van der Waals surface area contributed by atoms with Gasteiger partial charge in [-0.1, -0.05) is 6.07 Å². The van der Waals surface area contributed by atoms with Crippen molar-refractivity contribution >= 4 is 17.2 Å². The number of hydrogen-bond acceptors (Lipinski definition) is 7. The van der Waals surface area contributed by atoms with Crippen LogP contribution in [0.3, 0.4) is 0 Å². The standard InChI is InChI=1S/C22H25N3O4S/c1-16-5-6-21(29-16)20(25-7-9-27-10-8-25)12-23-22(26)17-3-2-4-19(11-17)28-13-18-14-30-15-24-18/h2-6,11,14-15,20H,7-10,12-13H2,1H3,(H,23,26). The molecule has 0 saturated carbocycles. The van der Waals surface area contributed by atoms with E-state index in [9.17, 15) is 4.79 Å². The predicted molar refractivity (Wildman–Crippen MR) is 114 cm³/mol. The van der Waals surface area contributed by atoms with E-state index in [1.807, 2.05) is 36.6 Å². The van der Waals surface area contributed by atoms with E-state index in [4.69, 9.17) is 13.9 Å². The largest absolute Gasteiger partial charge is 0.487 e. The molecule has 4 rings (SSSR count). The van der Waals surface area contributed by atoms with Crippen LogP contribution >= 0.6 is 11.3 Å². The highest BCUT2D eigenvalue weighted by atomic mass is 32.1. The summed E-state index contributed by atoms with van der Waals surface area (Å²) in [6.45, 7) is 5.74. The number of nitrogens with one attached hydrogen (secondary N) is 1. The van der Waals surface area contributed by atoms with Crippen LogP contribution in [0.1, 0.15) is 33.6 Å². The fourth-order valence-corrected chi connectivity index (χ4v) is 3.96. The Morgan fingerprint density at radius 3 is 2.90 bits per heavy atom. The van der Waals surface area contributed by atoms with Gasteiger partial charge in [0.1, 0.15) is 23.9 Å². The Bertz CT molecular complexity index is 951. The topological polar surface area (TPSA) is 76.8 Å². The van der Waals surface area contributed by atoms with Crippen LogP contribution in [0, 0.1) is 6.92 Å². The monoisotopic (exact) mass is 427 g/mol. The second-order valence-electron chi connectivity index (χ2n) is 7.12. The molecule has 1 saturated heterocycles. The number of carbonyl (C=O) groups excluding carboxylic acids is 1. The molecule has 30 heavy (non-hydrogen) atoms. The van der Waals surface area contributed by atoms with Crippen molar-refractivity contribution in [3.8, 4) is 5.75 Å². The maximum absolute atomic E-state index is 12.8. The van der Waals surface area contributed by atoms with E-state index in [1.54, 1.807) is 17.6 Å². The SMILES string of the molecule is Cc1ccc(C(CNC(=O)c2cccc(OCc3cscn3)c2)N2CCOCC2)o1. The van der Waals surface area contributed by atoms with Gasteiger partial charge in [-0.05, 0) is 37.3 Å². The summed E-state index contributed by atoms with van der Waals surface area (Å²) in [5.41, 5.74) is 3.20. The normalized spacial score (nSPS) is 15.6. The average molecular weight is 428 g/mol. The van der Waals surface area contributed by atoms with Gasteiger partial charge in [-0.3, -0.25) is 9.69 Å². The molecule has 1 amide bonds. The summed E-state index contributed by atoms with van der Waals surface area (Å²) in [5, 5.41) is 5.00. The first-order valence-corrected chi connectivity index (χ1v) is 10.9. The number of amides is 1. The van der Waals surface area contributed by atoms with Crippen molar-refractivity contribution in [2.24, 2.45) is 0 Å². The molecule has 0 bridgehead atoms. The molecule has 1 unspecified atom stereocenters. The summed E-state index contributed by atoms with van der Waals surface area (Å²) in [7, 11) is 0. The van der Waals surface area contributed by atoms with E-state index < -0.39 is 0 Å². The Balaban J connectivity index is 1.39. The molecule has 8 heteroatoms. The minimum absolute atomic E-state index is 0.0318. The summed E-state index contributed by atoms with van der Waals surface area (Å²) in [6, 6.07) is 11.1. The van der Waals surface area contributed by atoms with Crippen LogP contribution in [0.5, 0.6) is 5.75 Å². The zero-order valence-electron chi connectivity index (χ0n) is 16.9. The fourth-order valence-electron chi connectivity index (χ4n) is 3.42. The molecule has 3 heterocycles. The molecule has 3 aromatic rings. The predicted octanol–water partition coefficient (Wildman–Crippen LogP) is 3.43. The number of morpholine rings is 1. The fraction of sp³-hybridized carbons (Fsp3) is 0.364. The molecule has 158 valence electrons. The third-order valence-electron chi connectivity index (χ3n) is 5.00. The van der Waals surface area contributed by atoms with Gasteiger partial charge in [-0.25, -0.2) is 4.98 Å². The maximum Gasteiger partial charge on any atom is 0.251 e. The van der Waals surface area contributed by atoms with Crippen molar-refractivity contribution in [1.82, 2.24) is 15.2 Å². The van der Waals surface area contributed by atoms with Crippen molar-refractivity contribution in [3.05, 3.63) is 70.1 Å². The van der Waals surface area contributed by atoms with Crippen molar-refractivity contribution in [1.29, 1.82) is 0 Å². The van der Waals surface area contributed by atoms with Gasteiger partial charge >= 0.3 is 0 Å². The zero-order valence-corrected chi connectivity index (χ0v) is 17.7. The van der Waals surface area contributed by atoms with Crippen LogP contribution in [0.25, 0.3) is 0 Å². The molecule has 0 radical (unpaired) electrons. The van der Waals surface area contributed by atoms with Gasteiger partial charge < -0.3 is 19.2 Å². The van der Waals surface area contributed by atoms with E-state index in [0.29, 0.717) is 37.7 Å². The Morgan fingerprint density at radius 1 is 1.30 bits per heavy atom. The molecule has 0 spiro atoms. The lowest BCUT2D eigenvalue weighted by Gasteiger charge is -2.33. The molecule has 1 atom stereocenters. The number of nitrogens with zero attached hydrogens (tertiary/aromatic N) is 2. The van der Waals surface area contributed by atoms with E-state index in [2.05, 4.69) is 15.2 Å². The smallest absolute Gasteiger partial charge is 0.251 e. The summed E-state index contributed by atoms with van der Waals surface area (Å²) in [4.78, 5) is 19.3. The van der Waals surface area contributed by atoms with Crippen molar-refractivity contribution in [2.45, 2.75) is 19.6 Å². The highest BCUT2D eigenvalue weighted by Gasteiger charge is 2.26. The lowest BCUT2D eigenvalue weighted by Crippen LogP contribution is -2.43. The Labute approximate surface area is 179 Å². The Hall–Kier alpha value is -2.68. The van der Waals surface area contributed by atoms with E-state index >= 15 is 0 Å². The number of aromatic nitrogens is 1. The van der Waals surface area contributed by atoms with Gasteiger partial charge in [0.2, 0.25) is 0 Å². The van der Waals surface area contributed by atoms with Gasteiger partial charge in [0, 0.05) is 30.6 Å². The number of hydrogen-bond donors (Lipinski definition) is 1. The third kappa shape index (κ3) is 5.27. The average Bonchev–Trinajstić information content (AvgIpc) is 3.45. The highest BCUT2D eigenvalue weighted by Crippen LogP contribution is 2.24. The molecule has 0 aliphatic carbocycles. The van der Waals surface area contributed by atoms with E-state index in [-0.39, 0.29) is 11.9 Å². The minimum Gasteiger partial charge on any atom is -0.487 e. The number of aryl methyl sites for hydroxylation is 1. The molecular formula is C22H25N3O4S. The first kappa shape index (κ1) is 20.6. The number of rotatable bonds is 8. The van der Waals surface area contributed by atoms with Crippen molar-refractivity contribution < 1.29 is 18.7 Å². The second kappa shape index (κ2) is 9.88. The van der Waals surface area contributed by atoms with Crippen LogP contribution in [-0.4, -0.2) is 48.6 Å². The lowest BCUT2D eigenvalue weighted by atomic mass is 10.1. The first-order valence-electron chi connectivity index (χ1n) is 9.95. The minimum atomic E-state index is -0.143. The number of benzene rings is 1. The van der Waals surface area contributed by atoms with Crippen LogP contribution in [0.4, 0.5) is 0 Å². The highest BCUT2D eigenvalue weighted by molar-refractivity contribution is 7.07. The molecule has 1 N–H and O–H groups in total. The van der Waals surface area contributed by atoms with Crippen LogP contribution in [-0.2, 0) is 11.3 Å². The Morgan fingerprint density at radius 2 is 2.17 bits per heavy atom. The van der Waals surface area contributed by atoms with Gasteiger partial charge in [-0.15, -0.1) is 11.3 Å². The molecule has 1 aliphatic rings. The number of ether oxygens (including phenoxy) is 2. The second-order valence-corrected chi connectivity index (χ2v) is 7.84. The molecule has 1 aliphatic heterocycles. The lowest BCUT2D eigenvalue weighted by molar-refractivity contribution is 0.0117. The molecule has 2 aromatic heterocycles. The van der Waals surface area contributed by atoms with Gasteiger partial charge in [0.15, 0.2) is 0 Å². The number of carbonyl (C=O) groups is 1. The summed E-state index contributed by atoms with van der Waals surface area (Å²) < 4.78 is 17.1. The summed E-state index contributed by atoms with van der Waals surface area (Å²) in [6.07, 6.45) is 0. The Kier molecular flexibility index (Phi) is 6.78. The van der Waals surface area contributed by atoms with E-state index in [0.717, 1.165) is 30.3 Å². The molecule has 1 aromatic carbocycles. The molecular weight excluding hydrogens is 402 g/mol. The summed E-state index contributed by atoms with van der Waals surface area (Å²) >= 11 is 1.53. The van der Waals surface area contributed by atoms with Gasteiger partial charge in [-0.2, -0.15) is 0 Å². The van der Waals surface area contributed by atoms with Crippen molar-refractivity contribution in [2.75, 3.05) is 32.8 Å². The van der Waals surface area contributed by atoms with Gasteiger partial charge in [0.05, 0.1) is 30.5 Å². The van der Waals surface area contributed by atoms with E-state index in [1.165, 1.54) is 11.3 Å². The first-order chi connectivity index (χ1) is 14.7. The quantitative estimate of drug-likeness (QED) is 0.594. The molecule has 1 fully saturated rings.